The Morgan fingerprint density at radius 3 is 1.88 bits per heavy atom. The van der Waals surface area contributed by atoms with Gasteiger partial charge in [0.25, 0.3) is 10.6 Å². The van der Waals surface area contributed by atoms with Crippen molar-refractivity contribution in [1.29, 1.82) is 0 Å². The smallest absolute Gasteiger partial charge is 0.327 e. The lowest BCUT2D eigenvalue weighted by Crippen LogP contribution is -2.21. The van der Waals surface area contributed by atoms with Crippen molar-refractivity contribution in [2.45, 2.75) is 0 Å². The second-order valence-corrected chi connectivity index (χ2v) is 2.48. The Hall–Kier alpha value is -2.89. The van der Waals surface area contributed by atoms with Crippen LogP contribution < -0.4 is 23.1 Å². The number of H-pyrrole nitrogens is 4. The van der Waals surface area contributed by atoms with Gasteiger partial charge < -0.3 is 11.4 Å². The maximum absolute atomic E-state index is 10.9. The molecule has 0 radical (unpaired) electrons. The quantitative estimate of drug-likeness (QED) is 0.228. The van der Waals surface area contributed by atoms with E-state index in [1.54, 1.807) is 0 Å². The summed E-state index contributed by atoms with van der Waals surface area (Å²) < 4.78 is 0. The highest BCUT2D eigenvalue weighted by atomic mass is 16.9. The Morgan fingerprint density at radius 1 is 1.00 bits per heavy atom. The topological polar surface area (TPSA) is 213 Å². The van der Waals surface area contributed by atoms with Gasteiger partial charge >= 0.3 is 11.4 Å². The molecule has 0 aliphatic carbocycles. The third-order valence-corrected chi connectivity index (χ3v) is 1.42. The van der Waals surface area contributed by atoms with Crippen molar-refractivity contribution in [2.24, 2.45) is 0 Å². The van der Waals surface area contributed by atoms with Gasteiger partial charge in [-0.15, -0.1) is 10.1 Å². The fraction of sp³-hybridized carbons (Fsp3) is 0. The van der Waals surface area contributed by atoms with Crippen LogP contribution in [0, 0.1) is 10.1 Å². The van der Waals surface area contributed by atoms with Gasteiger partial charge in [-0.25, -0.2) is 9.59 Å². The first-order valence-electron chi connectivity index (χ1n) is 3.68. The minimum Gasteiger partial charge on any atom is -0.344 e. The molecule has 0 saturated carbocycles. The Kier molecular flexibility index (Phi) is 4.37. The standard InChI is InChI=1S/C5H4N4O3.HNO3.H3N/c10-3-1-2(7-4(11)6-1)8-5(12)9-3;2-1(3)4;/h(H4,6,7,8,9,10,11,12);(H,2,3,4);1H3. The molecule has 0 atom stereocenters. The van der Waals surface area contributed by atoms with Crippen molar-refractivity contribution >= 4 is 11.2 Å². The van der Waals surface area contributed by atoms with Gasteiger partial charge in [-0.05, 0) is 0 Å². The molecule has 2 aromatic rings. The van der Waals surface area contributed by atoms with Crippen molar-refractivity contribution in [1.82, 2.24) is 26.1 Å². The van der Waals surface area contributed by atoms with Gasteiger partial charge in [-0.2, -0.15) is 0 Å². The van der Waals surface area contributed by atoms with E-state index in [1.165, 1.54) is 0 Å². The molecule has 8 N–H and O–H groups in total. The molecule has 0 bridgehead atoms. The molecule has 17 heavy (non-hydrogen) atoms. The summed E-state index contributed by atoms with van der Waals surface area (Å²) in [4.78, 5) is 49.3. The zero-order chi connectivity index (χ0) is 12.3. The molecular formula is C5H8N6O6. The summed E-state index contributed by atoms with van der Waals surface area (Å²) in [6.07, 6.45) is 0. The summed E-state index contributed by atoms with van der Waals surface area (Å²) in [5.74, 6) is 0. The van der Waals surface area contributed by atoms with Crippen molar-refractivity contribution in [3.63, 3.8) is 0 Å². The SMILES string of the molecule is N.O=[N+]([O-])O.O=c1[nH]c(=O)c2[nH]c(=O)[nH]c2[nH]1. The highest BCUT2D eigenvalue weighted by molar-refractivity contribution is 5.67. The van der Waals surface area contributed by atoms with Gasteiger partial charge in [-0.3, -0.25) is 24.7 Å². The number of nitrogens with zero attached hydrogens (tertiary/aromatic N) is 1. The van der Waals surface area contributed by atoms with Gasteiger partial charge in [0.15, 0.2) is 0 Å². The number of aromatic amines is 4. The van der Waals surface area contributed by atoms with Crippen molar-refractivity contribution in [2.75, 3.05) is 0 Å². The number of rotatable bonds is 0. The molecule has 94 valence electrons. The highest BCUT2D eigenvalue weighted by Crippen LogP contribution is 1.88. The van der Waals surface area contributed by atoms with Crippen LogP contribution in [0.4, 0.5) is 0 Å². The predicted octanol–water partition coefficient (Wildman–Crippen LogP) is -1.95. The summed E-state index contributed by atoms with van der Waals surface area (Å²) in [7, 11) is 0. The first-order valence-corrected chi connectivity index (χ1v) is 3.68. The molecule has 0 saturated heterocycles. The van der Waals surface area contributed by atoms with Gasteiger partial charge in [0.2, 0.25) is 0 Å². The molecule has 2 aromatic heterocycles. The monoisotopic (exact) mass is 248 g/mol. The fourth-order valence-corrected chi connectivity index (χ4v) is 0.958. The van der Waals surface area contributed by atoms with Crippen LogP contribution in [0.15, 0.2) is 14.4 Å². The number of nitrogens with one attached hydrogen (secondary N) is 4. The van der Waals surface area contributed by atoms with Gasteiger partial charge in [0.1, 0.15) is 11.2 Å². The van der Waals surface area contributed by atoms with Crippen LogP contribution in [-0.4, -0.2) is 30.2 Å². The van der Waals surface area contributed by atoms with Crippen LogP contribution in [0.3, 0.4) is 0 Å². The Morgan fingerprint density at radius 2 is 1.41 bits per heavy atom. The summed E-state index contributed by atoms with van der Waals surface area (Å²) in [6, 6.07) is 0. The second-order valence-electron chi connectivity index (χ2n) is 2.48. The molecule has 12 heteroatoms. The first-order chi connectivity index (χ1) is 7.40. The van der Waals surface area contributed by atoms with E-state index in [0.717, 1.165) is 0 Å². The van der Waals surface area contributed by atoms with Crippen LogP contribution in [-0.2, 0) is 0 Å². The molecular weight excluding hydrogens is 240 g/mol. The van der Waals surface area contributed by atoms with Crippen LogP contribution in [0.25, 0.3) is 11.2 Å². The van der Waals surface area contributed by atoms with E-state index in [2.05, 4.69) is 15.0 Å². The van der Waals surface area contributed by atoms with E-state index in [-0.39, 0.29) is 17.3 Å². The minimum atomic E-state index is -1.50. The largest absolute Gasteiger partial charge is 0.344 e. The van der Waals surface area contributed by atoms with Crippen LogP contribution >= 0.6 is 0 Å². The van der Waals surface area contributed by atoms with Crippen LogP contribution in [0.5, 0.6) is 0 Å². The molecule has 0 unspecified atom stereocenters. The van der Waals surface area contributed by atoms with Crippen molar-refractivity contribution in [3.8, 4) is 0 Å². The number of fused-ring (bicyclic) bond motifs is 1. The van der Waals surface area contributed by atoms with Crippen molar-refractivity contribution < 1.29 is 10.3 Å². The zero-order valence-corrected chi connectivity index (χ0v) is 8.14. The Bertz CT molecular complexity index is 670. The summed E-state index contributed by atoms with van der Waals surface area (Å²) in [5, 5.41) is 13.6. The predicted molar refractivity (Wildman–Crippen MR) is 54.0 cm³/mol. The number of hydrogen-bond donors (Lipinski definition) is 6. The normalized spacial score (nSPS) is 8.94. The molecule has 0 fully saturated rings. The lowest BCUT2D eigenvalue weighted by Gasteiger charge is -1.83. The van der Waals surface area contributed by atoms with E-state index >= 15 is 0 Å². The molecule has 12 nitrogen and oxygen atoms in total. The number of aromatic nitrogens is 4. The molecule has 0 aliphatic heterocycles. The molecule has 0 aliphatic rings. The molecule has 2 rings (SSSR count). The third kappa shape index (κ3) is 3.63. The highest BCUT2D eigenvalue weighted by Gasteiger charge is 2.02. The fourth-order valence-electron chi connectivity index (χ4n) is 0.958. The Balaban J connectivity index is 0.000000453. The van der Waals surface area contributed by atoms with E-state index in [0.29, 0.717) is 0 Å². The molecule has 2 heterocycles. The van der Waals surface area contributed by atoms with Crippen molar-refractivity contribution in [3.05, 3.63) is 41.4 Å². The average Bonchev–Trinajstić information content (AvgIpc) is 2.44. The van der Waals surface area contributed by atoms with E-state index in [1.807, 2.05) is 4.98 Å². The van der Waals surface area contributed by atoms with Crippen LogP contribution in [0.1, 0.15) is 0 Å². The third-order valence-electron chi connectivity index (χ3n) is 1.42. The van der Waals surface area contributed by atoms with E-state index < -0.39 is 22.0 Å². The number of imidazole rings is 1. The summed E-state index contributed by atoms with van der Waals surface area (Å²) in [6.45, 7) is 0. The van der Waals surface area contributed by atoms with Crippen LogP contribution in [0.2, 0.25) is 0 Å². The van der Waals surface area contributed by atoms with E-state index in [4.69, 9.17) is 15.3 Å². The lowest BCUT2D eigenvalue weighted by atomic mass is 10.5. The lowest BCUT2D eigenvalue weighted by molar-refractivity contribution is -0.742. The van der Waals surface area contributed by atoms with E-state index in [9.17, 15) is 14.4 Å². The minimum absolute atomic E-state index is 0. The Labute approximate surface area is 90.0 Å². The molecule has 0 spiro atoms. The maximum atomic E-state index is 10.9. The summed E-state index contributed by atoms with van der Waals surface area (Å²) >= 11 is 0. The number of hydrogen-bond acceptors (Lipinski definition) is 6. The van der Waals surface area contributed by atoms with Gasteiger partial charge in [-0.1, -0.05) is 0 Å². The zero-order valence-electron chi connectivity index (χ0n) is 8.14. The molecule has 0 aromatic carbocycles. The van der Waals surface area contributed by atoms with Gasteiger partial charge in [0, 0.05) is 0 Å². The first kappa shape index (κ1) is 14.1. The molecule has 0 amide bonds. The second kappa shape index (κ2) is 5.26. The average molecular weight is 248 g/mol. The van der Waals surface area contributed by atoms with Gasteiger partial charge in [0.05, 0.1) is 0 Å². The maximum Gasteiger partial charge on any atom is 0.327 e. The summed E-state index contributed by atoms with van der Waals surface area (Å²) in [5.41, 5.74) is -1.65.